The second kappa shape index (κ2) is 9.06. The number of rotatable bonds is 6. The Morgan fingerprint density at radius 1 is 1.00 bits per heavy atom. The molecule has 4 nitrogen and oxygen atoms in total. The predicted molar refractivity (Wildman–Crippen MR) is 113 cm³/mol. The molecule has 0 fully saturated rings. The summed E-state index contributed by atoms with van der Waals surface area (Å²) in [6.07, 6.45) is 0. The molecule has 1 heterocycles. The summed E-state index contributed by atoms with van der Waals surface area (Å²) in [5, 5.41) is 3.70. The van der Waals surface area contributed by atoms with Gasteiger partial charge in [-0.1, -0.05) is 19.1 Å². The number of hydrogen-bond acceptors (Lipinski definition) is 5. The first-order valence-electron chi connectivity index (χ1n) is 8.68. The quantitative estimate of drug-likeness (QED) is 0.434. The van der Waals surface area contributed by atoms with Crippen molar-refractivity contribution in [3.8, 4) is 0 Å². The number of hydrogen-bond donors (Lipinski definition) is 1. The topological polar surface area (TPSA) is 54.9 Å². The molecule has 0 unspecified atom stereocenters. The smallest absolute Gasteiger partial charge is 0.256 e. The predicted octanol–water partition coefficient (Wildman–Crippen LogP) is 5.61. The Morgan fingerprint density at radius 3 is 2.33 bits per heavy atom. The fourth-order valence-corrected chi connectivity index (χ4v) is 4.25. The monoisotopic (exact) mass is 395 g/mol. The molecule has 0 aliphatic rings. The lowest BCUT2D eigenvalue weighted by atomic mass is 10.2. The van der Waals surface area contributed by atoms with Crippen LogP contribution in [0.5, 0.6) is 0 Å². The summed E-state index contributed by atoms with van der Waals surface area (Å²) in [6.45, 7) is 6.01. The summed E-state index contributed by atoms with van der Waals surface area (Å²) < 4.78 is 0. The Labute approximate surface area is 168 Å². The molecule has 0 saturated heterocycles. The van der Waals surface area contributed by atoms with E-state index in [0.29, 0.717) is 5.56 Å². The van der Waals surface area contributed by atoms with E-state index in [1.54, 1.807) is 11.8 Å². The lowest BCUT2D eigenvalue weighted by Crippen LogP contribution is -2.12. The minimum atomic E-state index is -0.0930. The number of aryl methyl sites for hydroxylation is 2. The molecule has 2 aromatic carbocycles. The van der Waals surface area contributed by atoms with E-state index >= 15 is 0 Å². The van der Waals surface area contributed by atoms with Crippen LogP contribution in [0.1, 0.15) is 28.7 Å². The van der Waals surface area contributed by atoms with Gasteiger partial charge in [0.15, 0.2) is 5.16 Å². The van der Waals surface area contributed by atoms with Crippen LogP contribution in [0.2, 0.25) is 0 Å². The second-order valence-corrected chi connectivity index (χ2v) is 8.29. The van der Waals surface area contributed by atoms with E-state index in [1.165, 1.54) is 11.8 Å². The Morgan fingerprint density at radius 2 is 1.67 bits per heavy atom. The molecular weight excluding hydrogens is 374 g/mol. The molecule has 27 heavy (non-hydrogen) atoms. The number of carbonyl (C=O) groups is 1. The number of amides is 1. The maximum absolute atomic E-state index is 12.6. The molecular formula is C21H21N3OS2. The third kappa shape index (κ3) is 5.34. The molecule has 1 amide bonds. The van der Waals surface area contributed by atoms with E-state index in [4.69, 9.17) is 0 Å². The summed E-state index contributed by atoms with van der Waals surface area (Å²) in [6, 6.07) is 17.4. The molecule has 0 aliphatic heterocycles. The van der Waals surface area contributed by atoms with Gasteiger partial charge >= 0.3 is 0 Å². The van der Waals surface area contributed by atoms with Crippen molar-refractivity contribution in [3.05, 3.63) is 71.5 Å². The molecule has 0 bridgehead atoms. The molecule has 0 atom stereocenters. The largest absolute Gasteiger partial charge is 0.322 e. The van der Waals surface area contributed by atoms with Crippen molar-refractivity contribution in [2.24, 2.45) is 0 Å². The average Bonchev–Trinajstić information content (AvgIpc) is 2.63. The van der Waals surface area contributed by atoms with Crippen molar-refractivity contribution < 1.29 is 4.79 Å². The van der Waals surface area contributed by atoms with Crippen LogP contribution in [0, 0.1) is 13.8 Å². The van der Waals surface area contributed by atoms with Crippen LogP contribution in [0.3, 0.4) is 0 Å². The Balaban J connectivity index is 1.69. The van der Waals surface area contributed by atoms with Crippen molar-refractivity contribution in [3.63, 3.8) is 0 Å². The highest BCUT2D eigenvalue weighted by molar-refractivity contribution is 7.99. The fourth-order valence-electron chi connectivity index (χ4n) is 2.58. The summed E-state index contributed by atoms with van der Waals surface area (Å²) in [5.74, 6) is 0.834. The standard InChI is InChI=1S/C21H21N3OS2/c1-4-26-19-8-6-5-7-18(19)20(25)24-16-9-11-17(12-10-16)27-21-22-14(2)13-15(3)23-21/h5-13H,4H2,1-3H3,(H,24,25). The second-order valence-electron chi connectivity index (χ2n) is 5.94. The van der Waals surface area contributed by atoms with Gasteiger partial charge in [-0.3, -0.25) is 4.79 Å². The number of thioether (sulfide) groups is 1. The SMILES string of the molecule is CCSc1ccccc1C(=O)Nc1ccc(Sc2nc(C)cc(C)n2)cc1. The van der Waals surface area contributed by atoms with Gasteiger partial charge in [-0.25, -0.2) is 9.97 Å². The molecule has 1 aromatic heterocycles. The molecule has 0 spiro atoms. The molecule has 3 aromatic rings. The van der Waals surface area contributed by atoms with E-state index in [2.05, 4.69) is 22.2 Å². The van der Waals surface area contributed by atoms with Gasteiger partial charge in [0, 0.05) is 26.9 Å². The highest BCUT2D eigenvalue weighted by atomic mass is 32.2. The minimum absolute atomic E-state index is 0.0930. The van der Waals surface area contributed by atoms with E-state index in [1.807, 2.05) is 68.4 Å². The summed E-state index contributed by atoms with van der Waals surface area (Å²) in [7, 11) is 0. The molecule has 138 valence electrons. The third-order valence-electron chi connectivity index (χ3n) is 3.71. The maximum atomic E-state index is 12.6. The number of nitrogens with zero attached hydrogens (tertiary/aromatic N) is 2. The lowest BCUT2D eigenvalue weighted by Gasteiger charge is -2.10. The van der Waals surface area contributed by atoms with E-state index in [9.17, 15) is 4.79 Å². The van der Waals surface area contributed by atoms with Crippen molar-refractivity contribution in [2.45, 2.75) is 35.7 Å². The Kier molecular flexibility index (Phi) is 6.53. The van der Waals surface area contributed by atoms with Crippen molar-refractivity contribution >= 4 is 35.1 Å². The molecule has 3 rings (SSSR count). The first-order valence-corrected chi connectivity index (χ1v) is 10.5. The zero-order valence-electron chi connectivity index (χ0n) is 15.5. The van der Waals surface area contributed by atoms with Crippen LogP contribution < -0.4 is 5.32 Å². The Hall–Kier alpha value is -2.31. The maximum Gasteiger partial charge on any atom is 0.256 e. The van der Waals surface area contributed by atoms with Crippen LogP contribution in [-0.4, -0.2) is 21.6 Å². The lowest BCUT2D eigenvalue weighted by molar-refractivity contribution is 0.102. The molecule has 1 N–H and O–H groups in total. The van der Waals surface area contributed by atoms with Crippen molar-refractivity contribution in [2.75, 3.05) is 11.1 Å². The van der Waals surface area contributed by atoms with Crippen LogP contribution in [-0.2, 0) is 0 Å². The number of anilines is 1. The molecule has 0 radical (unpaired) electrons. The number of benzene rings is 2. The van der Waals surface area contributed by atoms with E-state index < -0.39 is 0 Å². The van der Waals surface area contributed by atoms with E-state index in [0.717, 1.165) is 37.8 Å². The zero-order chi connectivity index (χ0) is 19.2. The first-order chi connectivity index (χ1) is 13.0. The first kappa shape index (κ1) is 19.5. The van der Waals surface area contributed by atoms with Gasteiger partial charge in [-0.15, -0.1) is 11.8 Å². The van der Waals surface area contributed by atoms with Gasteiger partial charge < -0.3 is 5.32 Å². The molecule has 0 saturated carbocycles. The van der Waals surface area contributed by atoms with E-state index in [-0.39, 0.29) is 5.91 Å². The van der Waals surface area contributed by atoms with Gasteiger partial charge in [0.1, 0.15) is 0 Å². The fraction of sp³-hybridized carbons (Fsp3) is 0.190. The average molecular weight is 396 g/mol. The molecule has 6 heteroatoms. The van der Waals surface area contributed by atoms with Crippen LogP contribution in [0.4, 0.5) is 5.69 Å². The third-order valence-corrected chi connectivity index (χ3v) is 5.54. The summed E-state index contributed by atoms with van der Waals surface area (Å²) >= 11 is 3.18. The Bertz CT molecular complexity index is 922. The normalized spacial score (nSPS) is 10.6. The highest BCUT2D eigenvalue weighted by Crippen LogP contribution is 2.27. The van der Waals surface area contributed by atoms with Gasteiger partial charge in [0.05, 0.1) is 5.56 Å². The number of carbonyl (C=O) groups excluding carboxylic acids is 1. The minimum Gasteiger partial charge on any atom is -0.322 e. The zero-order valence-corrected chi connectivity index (χ0v) is 17.2. The number of nitrogens with one attached hydrogen (secondary N) is 1. The van der Waals surface area contributed by atoms with Gasteiger partial charge in [-0.2, -0.15) is 0 Å². The molecule has 0 aliphatic carbocycles. The van der Waals surface area contributed by atoms with Gasteiger partial charge in [-0.05, 0) is 73.8 Å². The van der Waals surface area contributed by atoms with Crippen molar-refractivity contribution in [1.82, 2.24) is 9.97 Å². The van der Waals surface area contributed by atoms with Gasteiger partial charge in [0.2, 0.25) is 0 Å². The van der Waals surface area contributed by atoms with Crippen LogP contribution in [0.15, 0.2) is 69.5 Å². The summed E-state index contributed by atoms with van der Waals surface area (Å²) in [5.41, 5.74) is 3.38. The summed E-state index contributed by atoms with van der Waals surface area (Å²) in [4.78, 5) is 23.5. The van der Waals surface area contributed by atoms with Crippen LogP contribution in [0.25, 0.3) is 0 Å². The van der Waals surface area contributed by atoms with Crippen molar-refractivity contribution in [1.29, 1.82) is 0 Å². The number of aromatic nitrogens is 2. The van der Waals surface area contributed by atoms with Gasteiger partial charge in [0.25, 0.3) is 5.91 Å². The van der Waals surface area contributed by atoms with Crippen LogP contribution >= 0.6 is 23.5 Å². The highest BCUT2D eigenvalue weighted by Gasteiger charge is 2.11.